The molecule has 0 aliphatic carbocycles. The normalized spacial score (nSPS) is 12.4. The molecule has 1 heterocycles. The lowest BCUT2D eigenvalue weighted by molar-refractivity contribution is 0.556. The highest BCUT2D eigenvalue weighted by Gasteiger charge is 2.04. The van der Waals surface area contributed by atoms with Crippen molar-refractivity contribution in [2.24, 2.45) is 7.05 Å². The minimum absolute atomic E-state index is 0.236. The van der Waals surface area contributed by atoms with E-state index in [0.29, 0.717) is 6.42 Å². The molecule has 1 aromatic rings. The smallest absolute Gasteiger partial charge is 0.0638 e. The van der Waals surface area contributed by atoms with Crippen LogP contribution in [0, 0.1) is 18.3 Å². The fourth-order valence-electron chi connectivity index (χ4n) is 1.32. The molecule has 1 atom stereocenters. The van der Waals surface area contributed by atoms with Crippen molar-refractivity contribution in [3.63, 3.8) is 0 Å². The van der Waals surface area contributed by atoms with Gasteiger partial charge in [-0.3, -0.25) is 4.68 Å². The average molecular weight is 192 g/mol. The summed E-state index contributed by atoms with van der Waals surface area (Å²) in [5.74, 6) is 0. The second-order valence-corrected chi connectivity index (χ2v) is 3.56. The second-order valence-electron chi connectivity index (χ2n) is 3.56. The summed E-state index contributed by atoms with van der Waals surface area (Å²) in [5, 5.41) is 16.0. The molecule has 0 saturated carbocycles. The van der Waals surface area contributed by atoms with Crippen molar-refractivity contribution in [2.75, 3.05) is 0 Å². The van der Waals surface area contributed by atoms with Crippen LogP contribution in [0.5, 0.6) is 0 Å². The van der Waals surface area contributed by atoms with Gasteiger partial charge >= 0.3 is 0 Å². The van der Waals surface area contributed by atoms with E-state index in [1.165, 1.54) is 5.56 Å². The zero-order chi connectivity index (χ0) is 10.6. The summed E-state index contributed by atoms with van der Waals surface area (Å²) < 4.78 is 1.81. The van der Waals surface area contributed by atoms with Crippen LogP contribution in [0.3, 0.4) is 0 Å². The number of hydrogen-bond acceptors (Lipinski definition) is 3. The first-order valence-electron chi connectivity index (χ1n) is 4.73. The minimum atomic E-state index is 0.236. The summed E-state index contributed by atoms with van der Waals surface area (Å²) in [6.45, 7) is 4.78. The van der Waals surface area contributed by atoms with Gasteiger partial charge in [0.05, 0.1) is 18.2 Å². The van der Waals surface area contributed by atoms with E-state index in [2.05, 4.69) is 16.5 Å². The quantitative estimate of drug-likeness (QED) is 0.777. The predicted octanol–water partition coefficient (Wildman–Crippen LogP) is 1.12. The van der Waals surface area contributed by atoms with Gasteiger partial charge in [0.2, 0.25) is 0 Å². The van der Waals surface area contributed by atoms with Crippen molar-refractivity contribution < 1.29 is 0 Å². The summed E-state index contributed by atoms with van der Waals surface area (Å²) >= 11 is 0. The van der Waals surface area contributed by atoms with Gasteiger partial charge in [-0.2, -0.15) is 10.4 Å². The van der Waals surface area contributed by atoms with Crippen LogP contribution < -0.4 is 5.32 Å². The van der Waals surface area contributed by atoms with Gasteiger partial charge in [0.25, 0.3) is 0 Å². The Labute approximate surface area is 84.5 Å². The standard InChI is InChI=1S/C10H16N4/c1-8(4-5-11)12-6-10-7-14(3)13-9(10)2/h7-8,12H,4,6H2,1-3H3. The fourth-order valence-corrected chi connectivity index (χ4v) is 1.32. The van der Waals surface area contributed by atoms with E-state index in [4.69, 9.17) is 5.26 Å². The molecule has 1 rings (SSSR count). The maximum atomic E-state index is 8.49. The Bertz CT molecular complexity index is 334. The number of aryl methyl sites for hydroxylation is 2. The van der Waals surface area contributed by atoms with Crippen LogP contribution in [0.2, 0.25) is 0 Å². The van der Waals surface area contributed by atoms with Gasteiger partial charge in [-0.15, -0.1) is 0 Å². The molecule has 0 spiro atoms. The van der Waals surface area contributed by atoms with E-state index in [9.17, 15) is 0 Å². The van der Waals surface area contributed by atoms with E-state index < -0.39 is 0 Å². The first-order chi connectivity index (χ1) is 6.63. The number of aromatic nitrogens is 2. The highest BCUT2D eigenvalue weighted by Crippen LogP contribution is 2.04. The lowest BCUT2D eigenvalue weighted by Crippen LogP contribution is -2.24. The number of nitriles is 1. The third-order valence-electron chi connectivity index (χ3n) is 2.15. The van der Waals surface area contributed by atoms with E-state index in [-0.39, 0.29) is 6.04 Å². The predicted molar refractivity (Wildman–Crippen MR) is 54.5 cm³/mol. The van der Waals surface area contributed by atoms with Crippen molar-refractivity contribution in [1.29, 1.82) is 5.26 Å². The van der Waals surface area contributed by atoms with Gasteiger partial charge < -0.3 is 5.32 Å². The SMILES string of the molecule is Cc1nn(C)cc1CNC(C)CC#N. The Kier molecular flexibility index (Phi) is 3.66. The van der Waals surface area contributed by atoms with Crippen molar-refractivity contribution in [2.45, 2.75) is 32.9 Å². The van der Waals surface area contributed by atoms with Crippen LogP contribution in [-0.4, -0.2) is 15.8 Å². The molecule has 0 aliphatic heterocycles. The van der Waals surface area contributed by atoms with Gasteiger partial charge in [0, 0.05) is 31.4 Å². The van der Waals surface area contributed by atoms with Gasteiger partial charge in [0.15, 0.2) is 0 Å². The van der Waals surface area contributed by atoms with Crippen LogP contribution in [0.1, 0.15) is 24.6 Å². The average Bonchev–Trinajstić information content (AvgIpc) is 2.42. The first-order valence-corrected chi connectivity index (χ1v) is 4.73. The van der Waals surface area contributed by atoms with Crippen LogP contribution in [0.25, 0.3) is 0 Å². The molecule has 1 unspecified atom stereocenters. The third kappa shape index (κ3) is 2.86. The van der Waals surface area contributed by atoms with Gasteiger partial charge in [-0.05, 0) is 13.8 Å². The molecule has 0 amide bonds. The zero-order valence-electron chi connectivity index (χ0n) is 8.91. The topological polar surface area (TPSA) is 53.6 Å². The number of nitrogens with zero attached hydrogens (tertiary/aromatic N) is 3. The Morgan fingerprint density at radius 2 is 2.43 bits per heavy atom. The Balaban J connectivity index is 2.46. The molecule has 4 heteroatoms. The van der Waals surface area contributed by atoms with Crippen LogP contribution >= 0.6 is 0 Å². The maximum absolute atomic E-state index is 8.49. The van der Waals surface area contributed by atoms with E-state index in [0.717, 1.165) is 12.2 Å². The summed E-state index contributed by atoms with van der Waals surface area (Å²) in [6, 6.07) is 2.38. The summed E-state index contributed by atoms with van der Waals surface area (Å²) in [7, 11) is 1.91. The molecule has 76 valence electrons. The van der Waals surface area contributed by atoms with Crippen LogP contribution in [0.15, 0.2) is 6.20 Å². The molecular weight excluding hydrogens is 176 g/mol. The van der Waals surface area contributed by atoms with Crippen LogP contribution in [-0.2, 0) is 13.6 Å². The number of hydrogen-bond donors (Lipinski definition) is 1. The van der Waals surface area contributed by atoms with Gasteiger partial charge in [-0.25, -0.2) is 0 Å². The summed E-state index contributed by atoms with van der Waals surface area (Å²) in [6.07, 6.45) is 2.54. The molecular formula is C10H16N4. The summed E-state index contributed by atoms with van der Waals surface area (Å²) in [5.41, 5.74) is 2.24. The lowest BCUT2D eigenvalue weighted by atomic mass is 10.2. The van der Waals surface area contributed by atoms with Gasteiger partial charge in [-0.1, -0.05) is 0 Å². The highest BCUT2D eigenvalue weighted by molar-refractivity contribution is 5.14. The third-order valence-corrected chi connectivity index (χ3v) is 2.15. The van der Waals surface area contributed by atoms with Crippen molar-refractivity contribution in [3.05, 3.63) is 17.5 Å². The molecule has 1 N–H and O–H groups in total. The monoisotopic (exact) mass is 192 g/mol. The molecule has 0 bridgehead atoms. The largest absolute Gasteiger partial charge is 0.309 e. The summed E-state index contributed by atoms with van der Waals surface area (Å²) in [4.78, 5) is 0. The maximum Gasteiger partial charge on any atom is 0.0638 e. The van der Waals surface area contributed by atoms with E-state index >= 15 is 0 Å². The van der Waals surface area contributed by atoms with E-state index in [1.807, 2.05) is 27.1 Å². The van der Waals surface area contributed by atoms with Gasteiger partial charge in [0.1, 0.15) is 0 Å². The number of rotatable bonds is 4. The first kappa shape index (κ1) is 10.7. The molecule has 0 aliphatic rings. The molecule has 0 aromatic carbocycles. The van der Waals surface area contributed by atoms with Crippen LogP contribution in [0.4, 0.5) is 0 Å². The molecule has 4 nitrogen and oxygen atoms in total. The highest BCUT2D eigenvalue weighted by atomic mass is 15.2. The Morgan fingerprint density at radius 1 is 1.71 bits per heavy atom. The zero-order valence-corrected chi connectivity index (χ0v) is 8.91. The second kappa shape index (κ2) is 4.77. The fraction of sp³-hybridized carbons (Fsp3) is 0.600. The molecule has 0 saturated heterocycles. The van der Waals surface area contributed by atoms with Crippen molar-refractivity contribution >= 4 is 0 Å². The minimum Gasteiger partial charge on any atom is -0.309 e. The van der Waals surface area contributed by atoms with Crippen molar-refractivity contribution in [3.8, 4) is 6.07 Å². The Hall–Kier alpha value is -1.34. The lowest BCUT2D eigenvalue weighted by Gasteiger charge is -2.08. The Morgan fingerprint density at radius 3 is 2.93 bits per heavy atom. The molecule has 14 heavy (non-hydrogen) atoms. The van der Waals surface area contributed by atoms with E-state index in [1.54, 1.807) is 4.68 Å². The molecule has 1 aromatic heterocycles. The number of nitrogens with one attached hydrogen (secondary N) is 1. The van der Waals surface area contributed by atoms with Crippen molar-refractivity contribution in [1.82, 2.24) is 15.1 Å². The molecule has 0 fully saturated rings. The molecule has 0 radical (unpaired) electrons.